The van der Waals surface area contributed by atoms with Crippen LogP contribution in [0, 0.1) is 5.92 Å². The van der Waals surface area contributed by atoms with E-state index in [4.69, 9.17) is 0 Å². The van der Waals surface area contributed by atoms with Gasteiger partial charge in [-0.2, -0.15) is 0 Å². The molecule has 0 saturated heterocycles. The van der Waals surface area contributed by atoms with Crippen LogP contribution in [0.25, 0.3) is 0 Å². The van der Waals surface area contributed by atoms with Gasteiger partial charge in [0.05, 0.1) is 0 Å². The molecule has 1 aromatic heterocycles. The maximum atomic E-state index is 12.2. The zero-order chi connectivity index (χ0) is 13.9. The molecule has 1 atom stereocenters. The minimum Gasteiger partial charge on any atom is -0.356 e. The Labute approximate surface area is 126 Å². The Morgan fingerprint density at radius 3 is 2.70 bits per heavy atom. The van der Waals surface area contributed by atoms with Crippen LogP contribution in [0.1, 0.15) is 28.9 Å². The molecular formula is C16H17BrN2O. The second-order valence-corrected chi connectivity index (χ2v) is 6.25. The van der Waals surface area contributed by atoms with E-state index in [9.17, 15) is 4.79 Å². The summed E-state index contributed by atoms with van der Waals surface area (Å²) in [5.41, 5.74) is 1.88. The highest BCUT2D eigenvalue weighted by atomic mass is 79.9. The molecule has 1 aromatic carbocycles. The number of H-pyrrole nitrogens is 1. The molecule has 0 bridgehead atoms. The first-order chi connectivity index (χ1) is 9.72. The van der Waals surface area contributed by atoms with Gasteiger partial charge in [-0.25, -0.2) is 0 Å². The molecule has 20 heavy (non-hydrogen) atoms. The monoisotopic (exact) mass is 332 g/mol. The number of hydrogen-bond acceptors (Lipinski definition) is 1. The van der Waals surface area contributed by atoms with Crippen LogP contribution >= 0.6 is 15.9 Å². The summed E-state index contributed by atoms with van der Waals surface area (Å²) in [6, 6.07) is 12.4. The van der Waals surface area contributed by atoms with E-state index >= 15 is 0 Å². The van der Waals surface area contributed by atoms with Crippen LogP contribution in [-0.2, 0) is 6.42 Å². The molecular weight excluding hydrogens is 316 g/mol. The predicted octanol–water partition coefficient (Wildman–Crippen LogP) is 3.53. The van der Waals surface area contributed by atoms with Gasteiger partial charge in [-0.15, -0.1) is 0 Å². The van der Waals surface area contributed by atoms with Crippen LogP contribution < -0.4 is 5.32 Å². The van der Waals surface area contributed by atoms with Crippen molar-refractivity contribution in [2.45, 2.75) is 25.3 Å². The molecule has 1 unspecified atom stereocenters. The summed E-state index contributed by atoms with van der Waals surface area (Å²) in [6.07, 6.45) is 5.11. The van der Waals surface area contributed by atoms with Gasteiger partial charge >= 0.3 is 0 Å². The van der Waals surface area contributed by atoms with Crippen molar-refractivity contribution in [3.8, 4) is 0 Å². The minimum absolute atomic E-state index is 0.0245. The first-order valence-corrected chi connectivity index (χ1v) is 7.70. The lowest BCUT2D eigenvalue weighted by atomic mass is 10.0. The fourth-order valence-electron chi connectivity index (χ4n) is 2.45. The summed E-state index contributed by atoms with van der Waals surface area (Å²) in [6.45, 7) is 0. The van der Waals surface area contributed by atoms with Crippen molar-refractivity contribution in [2.24, 2.45) is 5.92 Å². The molecule has 1 fully saturated rings. The van der Waals surface area contributed by atoms with Crippen LogP contribution in [0.15, 0.2) is 47.1 Å². The maximum Gasteiger partial charge on any atom is 0.267 e. The maximum absolute atomic E-state index is 12.2. The molecule has 0 radical (unpaired) electrons. The van der Waals surface area contributed by atoms with Gasteiger partial charge in [0, 0.05) is 16.7 Å². The third-order valence-electron chi connectivity index (χ3n) is 3.70. The van der Waals surface area contributed by atoms with E-state index in [1.807, 2.05) is 24.3 Å². The number of benzene rings is 1. The van der Waals surface area contributed by atoms with Gasteiger partial charge < -0.3 is 10.3 Å². The summed E-state index contributed by atoms with van der Waals surface area (Å²) in [5, 5.41) is 3.17. The molecule has 2 N–H and O–H groups in total. The van der Waals surface area contributed by atoms with Crippen LogP contribution in [0.2, 0.25) is 0 Å². The van der Waals surface area contributed by atoms with E-state index < -0.39 is 0 Å². The minimum atomic E-state index is -0.0245. The lowest BCUT2D eigenvalue weighted by molar-refractivity contribution is 0.0927. The second-order valence-electron chi connectivity index (χ2n) is 5.34. The summed E-state index contributed by atoms with van der Waals surface area (Å²) < 4.78 is 0.897. The lowest BCUT2D eigenvalue weighted by Crippen LogP contribution is -2.38. The van der Waals surface area contributed by atoms with Gasteiger partial charge in [-0.3, -0.25) is 4.79 Å². The molecule has 1 heterocycles. The average Bonchev–Trinajstić information content (AvgIpc) is 3.21. The SMILES string of the molecule is O=C(NC(Cc1ccccc1)C1CC1)c1cc(Br)c[nH]1. The van der Waals surface area contributed by atoms with Gasteiger partial charge in [0.25, 0.3) is 5.91 Å². The number of carbonyl (C=O) groups is 1. The molecule has 2 aromatic rings. The molecule has 4 heteroatoms. The van der Waals surface area contributed by atoms with Gasteiger partial charge in [0.2, 0.25) is 0 Å². The smallest absolute Gasteiger partial charge is 0.267 e. The molecule has 0 spiro atoms. The zero-order valence-electron chi connectivity index (χ0n) is 11.1. The molecule has 1 saturated carbocycles. The Morgan fingerprint density at radius 2 is 2.10 bits per heavy atom. The van der Waals surface area contributed by atoms with E-state index in [2.05, 4.69) is 38.4 Å². The Balaban J connectivity index is 1.67. The van der Waals surface area contributed by atoms with Gasteiger partial charge in [0.1, 0.15) is 5.69 Å². The second kappa shape index (κ2) is 5.83. The molecule has 1 aliphatic rings. The number of rotatable bonds is 5. The first kappa shape index (κ1) is 13.4. The highest BCUT2D eigenvalue weighted by Crippen LogP contribution is 2.34. The summed E-state index contributed by atoms with van der Waals surface area (Å²) >= 11 is 3.35. The number of amides is 1. The third-order valence-corrected chi connectivity index (χ3v) is 4.16. The number of halogens is 1. The highest BCUT2D eigenvalue weighted by molar-refractivity contribution is 9.10. The van der Waals surface area contributed by atoms with Gasteiger partial charge in [-0.1, -0.05) is 30.3 Å². The van der Waals surface area contributed by atoms with Crippen molar-refractivity contribution >= 4 is 21.8 Å². The average molecular weight is 333 g/mol. The van der Waals surface area contributed by atoms with E-state index in [0.717, 1.165) is 10.9 Å². The van der Waals surface area contributed by atoms with Gasteiger partial charge in [-0.05, 0) is 52.7 Å². The first-order valence-electron chi connectivity index (χ1n) is 6.91. The van der Waals surface area contributed by atoms with Crippen LogP contribution in [-0.4, -0.2) is 16.9 Å². The van der Waals surface area contributed by atoms with Crippen LogP contribution in [0.3, 0.4) is 0 Å². The van der Waals surface area contributed by atoms with Crippen molar-refractivity contribution in [3.05, 3.63) is 58.3 Å². The number of aromatic nitrogens is 1. The standard InChI is InChI=1S/C16H17BrN2O/c17-13-9-15(18-10-13)16(20)19-14(12-6-7-12)8-11-4-2-1-3-5-11/h1-5,9-10,12,14,18H,6-8H2,(H,19,20). The zero-order valence-corrected chi connectivity index (χ0v) is 12.7. The molecule has 0 aliphatic heterocycles. The lowest BCUT2D eigenvalue weighted by Gasteiger charge is -2.18. The number of hydrogen-bond donors (Lipinski definition) is 2. The van der Waals surface area contributed by atoms with Crippen molar-refractivity contribution in [3.63, 3.8) is 0 Å². The molecule has 1 aliphatic carbocycles. The number of carbonyl (C=O) groups excluding carboxylic acids is 1. The fraction of sp³-hybridized carbons (Fsp3) is 0.312. The van der Waals surface area contributed by atoms with Crippen molar-refractivity contribution in [1.82, 2.24) is 10.3 Å². The van der Waals surface area contributed by atoms with Crippen molar-refractivity contribution in [1.29, 1.82) is 0 Å². The summed E-state index contributed by atoms with van der Waals surface area (Å²) in [7, 11) is 0. The van der Waals surface area contributed by atoms with Gasteiger partial charge in [0.15, 0.2) is 0 Å². The summed E-state index contributed by atoms with van der Waals surface area (Å²) in [4.78, 5) is 15.2. The quantitative estimate of drug-likeness (QED) is 0.864. The van der Waals surface area contributed by atoms with Crippen LogP contribution in [0.5, 0.6) is 0 Å². The topological polar surface area (TPSA) is 44.9 Å². The van der Waals surface area contributed by atoms with E-state index in [1.165, 1.54) is 18.4 Å². The molecule has 3 nitrogen and oxygen atoms in total. The van der Waals surface area contributed by atoms with Crippen molar-refractivity contribution in [2.75, 3.05) is 0 Å². The third kappa shape index (κ3) is 3.31. The Morgan fingerprint density at radius 1 is 1.35 bits per heavy atom. The fourth-order valence-corrected chi connectivity index (χ4v) is 2.79. The highest BCUT2D eigenvalue weighted by Gasteiger charge is 2.32. The van der Waals surface area contributed by atoms with E-state index in [0.29, 0.717) is 11.6 Å². The molecule has 104 valence electrons. The Bertz CT molecular complexity index is 590. The predicted molar refractivity (Wildman–Crippen MR) is 82.6 cm³/mol. The number of nitrogens with one attached hydrogen (secondary N) is 2. The molecule has 3 rings (SSSR count). The van der Waals surface area contributed by atoms with E-state index in [1.54, 1.807) is 6.20 Å². The molecule has 1 amide bonds. The normalized spacial score (nSPS) is 15.8. The van der Waals surface area contributed by atoms with E-state index in [-0.39, 0.29) is 11.9 Å². The van der Waals surface area contributed by atoms with Crippen molar-refractivity contribution < 1.29 is 4.79 Å². The Kier molecular flexibility index (Phi) is 3.92. The van der Waals surface area contributed by atoms with Crippen LogP contribution in [0.4, 0.5) is 0 Å². The Hall–Kier alpha value is -1.55. The summed E-state index contributed by atoms with van der Waals surface area (Å²) in [5.74, 6) is 0.598. The largest absolute Gasteiger partial charge is 0.356 e. The number of aromatic amines is 1.